The second-order valence-corrected chi connectivity index (χ2v) is 7.49. The number of carboxylic acid groups (broad SMARTS) is 3. The van der Waals surface area contributed by atoms with Gasteiger partial charge in [0, 0.05) is 18.3 Å². The number of carbonyl (C=O) groups excluding carboxylic acids is 1. The third-order valence-electron chi connectivity index (χ3n) is 5.90. The van der Waals surface area contributed by atoms with E-state index in [1.165, 1.54) is 24.3 Å². The molecular formula is C22H17F3O7. The maximum atomic E-state index is 13.8. The fourth-order valence-electron chi connectivity index (χ4n) is 4.61. The van der Waals surface area contributed by atoms with Crippen LogP contribution in [0.5, 0.6) is 0 Å². The summed E-state index contributed by atoms with van der Waals surface area (Å²) in [6, 6.07) is 10.7. The molecule has 0 aliphatic heterocycles. The molecule has 0 spiro atoms. The second-order valence-electron chi connectivity index (χ2n) is 7.49. The molecule has 10 heteroatoms. The molecule has 3 unspecified atom stereocenters. The minimum atomic E-state index is -5.05. The Morgan fingerprint density at radius 1 is 0.875 bits per heavy atom. The largest absolute Gasteiger partial charge is 0.481 e. The van der Waals surface area contributed by atoms with Crippen molar-refractivity contribution in [3.8, 4) is 0 Å². The molecule has 1 saturated carbocycles. The van der Waals surface area contributed by atoms with Gasteiger partial charge in [0.25, 0.3) is 0 Å². The van der Waals surface area contributed by atoms with Gasteiger partial charge in [-0.25, -0.2) is 0 Å². The first-order valence-corrected chi connectivity index (χ1v) is 9.37. The zero-order chi connectivity index (χ0) is 23.8. The lowest BCUT2D eigenvalue weighted by molar-refractivity contribution is -0.176. The molecule has 0 radical (unpaired) electrons. The SMILES string of the molecule is O=C(O)C1C(=O)CC(c2ccccc2)C(C(=O)O)(C(=O)O)C1c1ccccc1C(F)(F)F. The molecule has 1 aliphatic carbocycles. The number of benzene rings is 2. The minimum Gasteiger partial charge on any atom is -0.481 e. The maximum Gasteiger partial charge on any atom is 0.416 e. The van der Waals surface area contributed by atoms with Gasteiger partial charge in [-0.1, -0.05) is 48.5 Å². The summed E-state index contributed by atoms with van der Waals surface area (Å²) in [5.41, 5.74) is -5.24. The molecule has 2 aromatic rings. The molecule has 32 heavy (non-hydrogen) atoms. The van der Waals surface area contributed by atoms with Crippen LogP contribution in [0.15, 0.2) is 54.6 Å². The lowest BCUT2D eigenvalue weighted by Crippen LogP contribution is -2.58. The van der Waals surface area contributed by atoms with Crippen molar-refractivity contribution in [3.63, 3.8) is 0 Å². The Balaban J connectivity index is 2.45. The van der Waals surface area contributed by atoms with Crippen molar-refractivity contribution >= 4 is 23.7 Å². The number of halogens is 3. The van der Waals surface area contributed by atoms with Crippen LogP contribution in [0, 0.1) is 11.3 Å². The van der Waals surface area contributed by atoms with E-state index in [-0.39, 0.29) is 5.56 Å². The number of aliphatic carboxylic acids is 3. The fraction of sp³-hybridized carbons (Fsp3) is 0.273. The second kappa shape index (κ2) is 8.10. The molecule has 7 nitrogen and oxygen atoms in total. The molecule has 1 fully saturated rings. The van der Waals surface area contributed by atoms with Crippen LogP contribution < -0.4 is 0 Å². The molecule has 0 amide bonds. The van der Waals surface area contributed by atoms with Crippen LogP contribution in [0.4, 0.5) is 13.2 Å². The lowest BCUT2D eigenvalue weighted by atomic mass is 9.52. The lowest BCUT2D eigenvalue weighted by Gasteiger charge is -2.46. The standard InChI is InChI=1S/C22H17F3O7/c23-22(24,25)13-9-5-4-8-12(13)17-16(18(27)28)15(26)10-14(11-6-2-1-3-7-11)21(17,19(29)30)20(31)32/h1-9,14,16-17H,10H2,(H,27,28)(H,29,30)(H,31,32). The van der Waals surface area contributed by atoms with Crippen LogP contribution in [0.1, 0.15) is 34.9 Å². The summed E-state index contributed by atoms with van der Waals surface area (Å²) in [5, 5.41) is 30.0. The highest BCUT2D eigenvalue weighted by atomic mass is 19.4. The molecule has 0 heterocycles. The summed E-state index contributed by atoms with van der Waals surface area (Å²) in [5.74, 6) is -13.2. The monoisotopic (exact) mass is 450 g/mol. The van der Waals surface area contributed by atoms with E-state index in [2.05, 4.69) is 0 Å². The quantitative estimate of drug-likeness (QED) is 0.596. The number of Topliss-reactive ketones (excluding diaryl/α,β-unsaturated/α-hetero) is 1. The fourth-order valence-corrected chi connectivity index (χ4v) is 4.61. The Kier molecular flexibility index (Phi) is 5.82. The summed E-state index contributed by atoms with van der Waals surface area (Å²) >= 11 is 0. The van der Waals surface area contributed by atoms with Gasteiger partial charge in [-0.3, -0.25) is 19.2 Å². The topological polar surface area (TPSA) is 129 Å². The van der Waals surface area contributed by atoms with E-state index in [4.69, 9.17) is 0 Å². The van der Waals surface area contributed by atoms with Gasteiger partial charge in [0.1, 0.15) is 11.7 Å². The summed E-state index contributed by atoms with van der Waals surface area (Å²) in [6.07, 6.45) is -5.82. The van der Waals surface area contributed by atoms with Gasteiger partial charge in [-0.2, -0.15) is 13.2 Å². The van der Waals surface area contributed by atoms with Gasteiger partial charge in [-0.15, -0.1) is 0 Å². The van der Waals surface area contributed by atoms with E-state index in [0.29, 0.717) is 6.07 Å². The summed E-state index contributed by atoms with van der Waals surface area (Å²) in [4.78, 5) is 50.0. The number of carbonyl (C=O) groups is 4. The van der Waals surface area contributed by atoms with Gasteiger partial charge in [0.2, 0.25) is 0 Å². The van der Waals surface area contributed by atoms with Gasteiger partial charge >= 0.3 is 24.1 Å². The molecule has 168 valence electrons. The van der Waals surface area contributed by atoms with Crippen molar-refractivity contribution in [1.29, 1.82) is 0 Å². The van der Waals surface area contributed by atoms with Gasteiger partial charge < -0.3 is 15.3 Å². The van der Waals surface area contributed by atoms with E-state index < -0.39 is 70.6 Å². The number of ketones is 1. The van der Waals surface area contributed by atoms with E-state index in [9.17, 15) is 47.7 Å². The number of carboxylic acids is 3. The molecule has 0 bridgehead atoms. The Morgan fingerprint density at radius 2 is 1.41 bits per heavy atom. The van der Waals surface area contributed by atoms with Crippen LogP contribution >= 0.6 is 0 Å². The molecule has 1 aliphatic rings. The van der Waals surface area contributed by atoms with E-state index in [1.54, 1.807) is 6.07 Å². The van der Waals surface area contributed by atoms with E-state index in [0.717, 1.165) is 18.2 Å². The molecule has 0 saturated heterocycles. The van der Waals surface area contributed by atoms with Crippen LogP contribution in [0.3, 0.4) is 0 Å². The summed E-state index contributed by atoms with van der Waals surface area (Å²) in [7, 11) is 0. The predicted molar refractivity (Wildman–Crippen MR) is 102 cm³/mol. The number of hydrogen-bond acceptors (Lipinski definition) is 4. The molecule has 0 aromatic heterocycles. The first-order chi connectivity index (χ1) is 14.9. The Bertz CT molecular complexity index is 1060. The summed E-state index contributed by atoms with van der Waals surface area (Å²) in [6.45, 7) is 0. The highest BCUT2D eigenvalue weighted by Crippen LogP contribution is 2.58. The summed E-state index contributed by atoms with van der Waals surface area (Å²) < 4.78 is 41.3. The smallest absolute Gasteiger partial charge is 0.416 e. The van der Waals surface area contributed by atoms with Crippen LogP contribution in [0.25, 0.3) is 0 Å². The van der Waals surface area contributed by atoms with Crippen molar-refractivity contribution in [2.24, 2.45) is 11.3 Å². The van der Waals surface area contributed by atoms with Crippen molar-refractivity contribution in [3.05, 3.63) is 71.3 Å². The van der Waals surface area contributed by atoms with Crippen molar-refractivity contribution in [1.82, 2.24) is 0 Å². The zero-order valence-corrected chi connectivity index (χ0v) is 16.2. The first kappa shape index (κ1) is 23.0. The van der Waals surface area contributed by atoms with Crippen LogP contribution in [-0.4, -0.2) is 39.0 Å². The first-order valence-electron chi connectivity index (χ1n) is 9.37. The normalized spacial score (nSPS) is 22.8. The highest BCUT2D eigenvalue weighted by molar-refractivity contribution is 6.09. The third-order valence-corrected chi connectivity index (χ3v) is 5.90. The van der Waals surface area contributed by atoms with E-state index >= 15 is 0 Å². The Morgan fingerprint density at radius 3 is 1.91 bits per heavy atom. The highest BCUT2D eigenvalue weighted by Gasteiger charge is 2.67. The van der Waals surface area contributed by atoms with Gasteiger partial charge in [-0.05, 0) is 17.2 Å². The average Bonchev–Trinajstić information content (AvgIpc) is 2.72. The van der Waals surface area contributed by atoms with Crippen molar-refractivity contribution in [2.75, 3.05) is 0 Å². The molecule has 3 atom stereocenters. The van der Waals surface area contributed by atoms with Gasteiger partial charge in [0.15, 0.2) is 5.41 Å². The third kappa shape index (κ3) is 3.51. The molecule has 3 rings (SSSR count). The number of rotatable bonds is 5. The van der Waals surface area contributed by atoms with Crippen molar-refractivity contribution in [2.45, 2.75) is 24.4 Å². The Hall–Kier alpha value is -3.69. The molecule has 2 aromatic carbocycles. The van der Waals surface area contributed by atoms with Crippen LogP contribution in [-0.2, 0) is 25.4 Å². The Labute approximate surface area is 179 Å². The van der Waals surface area contributed by atoms with Gasteiger partial charge in [0.05, 0.1) is 5.56 Å². The number of alkyl halides is 3. The molecule has 3 N–H and O–H groups in total. The minimum absolute atomic E-state index is 0.0870. The van der Waals surface area contributed by atoms with Crippen molar-refractivity contribution < 1.29 is 47.7 Å². The molecular weight excluding hydrogens is 433 g/mol. The average molecular weight is 450 g/mol. The van der Waals surface area contributed by atoms with Crippen LogP contribution in [0.2, 0.25) is 0 Å². The zero-order valence-electron chi connectivity index (χ0n) is 16.2. The maximum absolute atomic E-state index is 13.8. The number of hydrogen-bond donors (Lipinski definition) is 3. The van der Waals surface area contributed by atoms with E-state index in [1.807, 2.05) is 0 Å². The predicted octanol–water partition coefficient (Wildman–Crippen LogP) is 3.40.